The molecule has 1 heterocycles. The van der Waals surface area contributed by atoms with Gasteiger partial charge in [0, 0.05) is 0 Å². The fourth-order valence-electron chi connectivity index (χ4n) is 2.01. The zero-order chi connectivity index (χ0) is 7.83. The molecule has 1 fully saturated rings. The summed E-state index contributed by atoms with van der Waals surface area (Å²) in [6.45, 7) is 9.78. The van der Waals surface area contributed by atoms with Crippen molar-refractivity contribution >= 4 is 0 Å². The van der Waals surface area contributed by atoms with Crippen LogP contribution in [0, 0.1) is 0 Å². The van der Waals surface area contributed by atoms with Crippen molar-refractivity contribution in [3.63, 3.8) is 0 Å². The first-order valence-electron chi connectivity index (χ1n) is 4.21. The lowest BCUT2D eigenvalue weighted by Gasteiger charge is -2.53. The van der Waals surface area contributed by atoms with Crippen molar-refractivity contribution in [2.75, 3.05) is 40.5 Å². The molecule has 0 aliphatic carbocycles. The smallest absolute Gasteiger partial charge is 0.215 e. The van der Waals surface area contributed by atoms with Crippen LogP contribution in [0.3, 0.4) is 0 Å². The summed E-state index contributed by atoms with van der Waals surface area (Å²) in [6.07, 6.45) is 0. The van der Waals surface area contributed by atoms with E-state index >= 15 is 0 Å². The largest absolute Gasteiger partial charge is 0.234 e. The van der Waals surface area contributed by atoms with Gasteiger partial charge in [-0.05, 0) is 13.8 Å². The van der Waals surface area contributed by atoms with E-state index in [0.29, 0.717) is 0 Å². The van der Waals surface area contributed by atoms with Crippen molar-refractivity contribution in [2.45, 2.75) is 13.8 Å². The zero-order valence-electron chi connectivity index (χ0n) is 7.72. The summed E-state index contributed by atoms with van der Waals surface area (Å²) in [5.74, 6) is 0. The molecule has 0 saturated carbocycles. The van der Waals surface area contributed by atoms with Gasteiger partial charge in [0.05, 0.1) is 27.2 Å². The summed E-state index contributed by atoms with van der Waals surface area (Å²) in [5.41, 5.74) is 0. The molecule has 1 rings (SSSR count). The molecule has 0 radical (unpaired) electrons. The second-order valence-corrected chi connectivity index (χ2v) is 4.15. The van der Waals surface area contributed by atoms with Crippen molar-refractivity contribution in [1.82, 2.24) is 0 Å². The van der Waals surface area contributed by atoms with E-state index in [9.17, 15) is 0 Å². The molecule has 2 heteroatoms. The number of hydrogen-bond acceptors (Lipinski definition) is 0. The summed E-state index contributed by atoms with van der Waals surface area (Å²) in [4.78, 5) is 0. The van der Waals surface area contributed by atoms with Crippen LogP contribution < -0.4 is 0 Å². The highest BCUT2D eigenvalue weighted by Crippen LogP contribution is 2.23. The molecule has 10 heavy (non-hydrogen) atoms. The number of quaternary nitrogens is 2. The van der Waals surface area contributed by atoms with E-state index in [1.54, 1.807) is 0 Å². The Morgan fingerprint density at radius 2 is 1.20 bits per heavy atom. The summed E-state index contributed by atoms with van der Waals surface area (Å²) < 4.78 is 2.54. The first kappa shape index (κ1) is 8.02. The molecule has 0 spiro atoms. The van der Waals surface area contributed by atoms with Crippen LogP contribution in [0.25, 0.3) is 0 Å². The van der Waals surface area contributed by atoms with Crippen molar-refractivity contribution in [3.05, 3.63) is 0 Å². The molecule has 1 aliphatic heterocycles. The van der Waals surface area contributed by atoms with Crippen LogP contribution in [-0.4, -0.2) is 49.5 Å². The number of rotatable bonds is 2. The Morgan fingerprint density at radius 3 is 1.40 bits per heavy atom. The third-order valence-electron chi connectivity index (χ3n) is 2.89. The van der Waals surface area contributed by atoms with Crippen LogP contribution in [0.4, 0.5) is 0 Å². The molecular weight excluding hydrogens is 124 g/mol. The Kier molecular flexibility index (Phi) is 1.77. The fourth-order valence-corrected chi connectivity index (χ4v) is 2.01. The fraction of sp³-hybridized carbons (Fsp3) is 1.00. The highest BCUT2D eigenvalue weighted by atomic mass is 15.7. The van der Waals surface area contributed by atoms with E-state index in [-0.39, 0.29) is 0 Å². The van der Waals surface area contributed by atoms with Crippen LogP contribution in [0.5, 0.6) is 0 Å². The van der Waals surface area contributed by atoms with Crippen molar-refractivity contribution in [3.8, 4) is 0 Å². The SMILES string of the molecule is CC[N+]1(C)C[N+](C)(CC)C1. The molecule has 0 aromatic rings. The quantitative estimate of drug-likeness (QED) is 0.504. The van der Waals surface area contributed by atoms with Gasteiger partial charge in [0.25, 0.3) is 0 Å². The van der Waals surface area contributed by atoms with Gasteiger partial charge in [-0.25, -0.2) is 8.97 Å². The molecule has 1 saturated heterocycles. The molecule has 0 bridgehead atoms. The second-order valence-electron chi connectivity index (χ2n) is 4.15. The first-order chi connectivity index (χ1) is 4.54. The minimum atomic E-state index is 1.27. The molecule has 60 valence electrons. The third kappa shape index (κ3) is 1.18. The summed E-state index contributed by atoms with van der Waals surface area (Å²) in [7, 11) is 4.69. The topological polar surface area (TPSA) is 0 Å². The van der Waals surface area contributed by atoms with Gasteiger partial charge >= 0.3 is 0 Å². The normalized spacial score (nSPS) is 46.8. The minimum Gasteiger partial charge on any atom is -0.234 e. The second kappa shape index (κ2) is 2.21. The Labute approximate surface area is 64.2 Å². The predicted molar refractivity (Wildman–Crippen MR) is 43.2 cm³/mol. The van der Waals surface area contributed by atoms with Crippen LogP contribution in [0.2, 0.25) is 0 Å². The molecular formula is C8H20N2+2. The van der Waals surface area contributed by atoms with Gasteiger partial charge in [0.15, 0.2) is 0 Å². The highest BCUT2D eigenvalue weighted by molar-refractivity contribution is 4.35. The Bertz CT molecular complexity index is 111. The van der Waals surface area contributed by atoms with E-state index in [2.05, 4.69) is 27.9 Å². The van der Waals surface area contributed by atoms with Gasteiger partial charge in [0.2, 0.25) is 13.3 Å². The van der Waals surface area contributed by atoms with Gasteiger partial charge in [-0.15, -0.1) is 0 Å². The van der Waals surface area contributed by atoms with Gasteiger partial charge < -0.3 is 0 Å². The summed E-state index contributed by atoms with van der Waals surface area (Å²) in [5, 5.41) is 0. The minimum absolute atomic E-state index is 1.27. The van der Waals surface area contributed by atoms with Crippen LogP contribution in [0.15, 0.2) is 0 Å². The molecule has 2 nitrogen and oxygen atoms in total. The monoisotopic (exact) mass is 144 g/mol. The van der Waals surface area contributed by atoms with E-state index in [0.717, 1.165) is 0 Å². The maximum absolute atomic E-state index is 2.34. The molecule has 0 amide bonds. The number of hydrogen-bond donors (Lipinski definition) is 0. The van der Waals surface area contributed by atoms with Crippen molar-refractivity contribution in [2.24, 2.45) is 0 Å². The van der Waals surface area contributed by atoms with E-state index < -0.39 is 0 Å². The van der Waals surface area contributed by atoms with E-state index in [1.165, 1.54) is 35.4 Å². The van der Waals surface area contributed by atoms with E-state index in [1.807, 2.05) is 0 Å². The molecule has 0 unspecified atom stereocenters. The van der Waals surface area contributed by atoms with E-state index in [4.69, 9.17) is 0 Å². The van der Waals surface area contributed by atoms with Crippen LogP contribution in [0.1, 0.15) is 13.8 Å². The first-order valence-corrected chi connectivity index (χ1v) is 4.21. The molecule has 0 atom stereocenters. The predicted octanol–water partition coefficient (Wildman–Crippen LogP) is 0.848. The molecule has 0 N–H and O–H groups in total. The van der Waals surface area contributed by atoms with Gasteiger partial charge in [-0.1, -0.05) is 0 Å². The van der Waals surface area contributed by atoms with Crippen LogP contribution >= 0.6 is 0 Å². The lowest BCUT2D eigenvalue weighted by molar-refractivity contribution is -1.25. The lowest BCUT2D eigenvalue weighted by atomic mass is 10.3. The maximum atomic E-state index is 2.34. The summed E-state index contributed by atoms with van der Waals surface area (Å²) in [6, 6.07) is 0. The Balaban J connectivity index is 2.42. The van der Waals surface area contributed by atoms with Crippen LogP contribution in [-0.2, 0) is 0 Å². The maximum Gasteiger partial charge on any atom is 0.215 e. The number of nitrogens with zero attached hydrogens (tertiary/aromatic N) is 2. The Hall–Kier alpha value is -0.0800. The average molecular weight is 144 g/mol. The van der Waals surface area contributed by atoms with Gasteiger partial charge in [0.1, 0.15) is 0 Å². The Morgan fingerprint density at radius 1 is 0.900 bits per heavy atom. The third-order valence-corrected chi connectivity index (χ3v) is 2.89. The summed E-state index contributed by atoms with van der Waals surface area (Å²) >= 11 is 0. The zero-order valence-corrected chi connectivity index (χ0v) is 7.72. The molecule has 1 aliphatic rings. The van der Waals surface area contributed by atoms with Gasteiger partial charge in [-0.2, -0.15) is 0 Å². The average Bonchev–Trinajstić information content (AvgIpc) is 1.85. The highest BCUT2D eigenvalue weighted by Gasteiger charge is 2.47. The molecule has 0 aromatic heterocycles. The molecule has 0 aromatic carbocycles. The van der Waals surface area contributed by atoms with Crippen molar-refractivity contribution < 1.29 is 8.97 Å². The van der Waals surface area contributed by atoms with Gasteiger partial charge in [-0.3, -0.25) is 0 Å². The standard InChI is InChI=1S/C8H20N2/c1-5-9(3)7-10(4,6-2)8-9/h5-8H2,1-4H3/q+2. The lowest BCUT2D eigenvalue weighted by Crippen LogP contribution is -2.75. The van der Waals surface area contributed by atoms with Crippen molar-refractivity contribution in [1.29, 1.82) is 0 Å².